The van der Waals surface area contributed by atoms with Gasteiger partial charge in [-0.25, -0.2) is 0 Å². The van der Waals surface area contributed by atoms with Gasteiger partial charge in [-0.05, 0) is 121 Å². The Kier molecular flexibility index (Phi) is 9.39. The summed E-state index contributed by atoms with van der Waals surface area (Å²) >= 11 is 0. The molecule has 3 saturated heterocycles. The van der Waals surface area contributed by atoms with Crippen LogP contribution in [0.25, 0.3) is 0 Å². The number of amides is 2. The van der Waals surface area contributed by atoms with Gasteiger partial charge in [-0.15, -0.1) is 0 Å². The van der Waals surface area contributed by atoms with Gasteiger partial charge in [-0.3, -0.25) is 14.5 Å². The molecule has 0 saturated carbocycles. The van der Waals surface area contributed by atoms with E-state index in [1.807, 2.05) is 35.2 Å². The lowest BCUT2D eigenvalue weighted by atomic mass is 9.69. The number of nitrogens with zero attached hydrogens (tertiary/aromatic N) is 3. The van der Waals surface area contributed by atoms with Crippen molar-refractivity contribution in [3.63, 3.8) is 0 Å². The minimum atomic E-state index is -0.168. The van der Waals surface area contributed by atoms with Gasteiger partial charge in [0.2, 0.25) is 5.91 Å². The van der Waals surface area contributed by atoms with Gasteiger partial charge in [-0.2, -0.15) is 0 Å². The number of likely N-dealkylation sites (tertiary alicyclic amines) is 1. The molecule has 8 nitrogen and oxygen atoms in total. The van der Waals surface area contributed by atoms with E-state index in [9.17, 15) is 14.7 Å². The quantitative estimate of drug-likeness (QED) is 0.198. The minimum absolute atomic E-state index is 0.000844. The van der Waals surface area contributed by atoms with Crippen LogP contribution >= 0.6 is 0 Å². The Balaban J connectivity index is 0.778. The number of phenols is 1. The Morgan fingerprint density at radius 2 is 1.61 bits per heavy atom. The monoisotopic (exact) mass is 722 g/mol. The fraction of sp³-hybridized carbons (Fsp3) is 0.391. The molecule has 0 radical (unpaired) electrons. The van der Waals surface area contributed by atoms with Crippen molar-refractivity contribution < 1.29 is 19.4 Å². The second-order valence-corrected chi connectivity index (χ2v) is 16.1. The van der Waals surface area contributed by atoms with Crippen molar-refractivity contribution in [2.24, 2.45) is 5.92 Å². The van der Waals surface area contributed by atoms with E-state index in [-0.39, 0.29) is 29.9 Å². The van der Waals surface area contributed by atoms with Crippen molar-refractivity contribution in [2.45, 2.75) is 75.5 Å². The molecule has 2 N–H and O–H groups in total. The van der Waals surface area contributed by atoms with Crippen LogP contribution in [0, 0.1) is 5.92 Å². The first-order chi connectivity index (χ1) is 26.4. The van der Waals surface area contributed by atoms with E-state index in [4.69, 9.17) is 4.74 Å². The molecular formula is C46H50N4O4. The summed E-state index contributed by atoms with van der Waals surface area (Å²) in [6, 6.07) is 31.9. The zero-order valence-electron chi connectivity index (χ0n) is 31.0. The zero-order valence-corrected chi connectivity index (χ0v) is 31.0. The molecule has 278 valence electrons. The van der Waals surface area contributed by atoms with Crippen LogP contribution in [-0.4, -0.2) is 71.6 Å². The predicted molar refractivity (Wildman–Crippen MR) is 211 cm³/mol. The fourth-order valence-electron chi connectivity index (χ4n) is 9.92. The summed E-state index contributed by atoms with van der Waals surface area (Å²) in [4.78, 5) is 31.9. The van der Waals surface area contributed by atoms with Gasteiger partial charge >= 0.3 is 0 Å². The van der Waals surface area contributed by atoms with Crippen LogP contribution in [-0.2, 0) is 17.8 Å². The number of rotatable bonds is 8. The normalized spacial score (nSPS) is 24.7. The summed E-state index contributed by atoms with van der Waals surface area (Å²) in [5, 5.41) is 13.0. The van der Waals surface area contributed by atoms with Gasteiger partial charge < -0.3 is 25.0 Å². The second-order valence-electron chi connectivity index (χ2n) is 16.1. The van der Waals surface area contributed by atoms with E-state index >= 15 is 0 Å². The molecule has 4 aromatic rings. The summed E-state index contributed by atoms with van der Waals surface area (Å²) in [6.07, 6.45) is 6.59. The van der Waals surface area contributed by atoms with Gasteiger partial charge in [0.1, 0.15) is 17.6 Å². The van der Waals surface area contributed by atoms with Crippen LogP contribution in [0.2, 0.25) is 0 Å². The topological polar surface area (TPSA) is 85.4 Å². The van der Waals surface area contributed by atoms with E-state index in [0.717, 1.165) is 68.9 Å². The van der Waals surface area contributed by atoms with Crippen molar-refractivity contribution in [2.75, 3.05) is 37.6 Å². The fourth-order valence-corrected chi connectivity index (χ4v) is 9.92. The first-order valence-electron chi connectivity index (χ1n) is 19.9. The van der Waals surface area contributed by atoms with E-state index < -0.39 is 0 Å². The molecule has 0 unspecified atom stereocenters. The second kappa shape index (κ2) is 14.6. The number of aromatic hydroxyl groups is 1. The van der Waals surface area contributed by atoms with Gasteiger partial charge in [0, 0.05) is 68.6 Å². The number of hydrogen-bond donors (Lipinski definition) is 2. The Morgan fingerprint density at radius 1 is 0.796 bits per heavy atom. The summed E-state index contributed by atoms with van der Waals surface area (Å²) < 4.78 is 6.49. The zero-order chi connectivity index (χ0) is 36.8. The summed E-state index contributed by atoms with van der Waals surface area (Å²) in [7, 11) is 0. The van der Waals surface area contributed by atoms with Crippen LogP contribution in [0.3, 0.4) is 0 Å². The van der Waals surface area contributed by atoms with E-state index in [1.165, 1.54) is 40.8 Å². The number of anilines is 1. The number of carbonyl (C=O) groups excluding carboxylic acids is 2. The van der Waals surface area contributed by atoms with Crippen LogP contribution in [0.1, 0.15) is 88.5 Å². The number of ether oxygens (including phenoxy) is 1. The molecule has 2 amide bonds. The van der Waals surface area contributed by atoms with Crippen molar-refractivity contribution in [1.29, 1.82) is 0 Å². The lowest BCUT2D eigenvalue weighted by Crippen LogP contribution is -2.45. The van der Waals surface area contributed by atoms with E-state index in [2.05, 4.69) is 82.4 Å². The highest BCUT2D eigenvalue weighted by atomic mass is 16.5. The van der Waals surface area contributed by atoms with Crippen molar-refractivity contribution >= 4 is 17.5 Å². The Bertz CT molecular complexity index is 2040. The molecule has 4 aliphatic heterocycles. The van der Waals surface area contributed by atoms with Crippen LogP contribution in [0.15, 0.2) is 103 Å². The number of hydrogen-bond acceptors (Lipinski definition) is 6. The molecule has 0 bridgehead atoms. The van der Waals surface area contributed by atoms with Crippen molar-refractivity contribution in [1.82, 2.24) is 15.1 Å². The Morgan fingerprint density at radius 3 is 2.41 bits per heavy atom. The molecule has 8 heteroatoms. The van der Waals surface area contributed by atoms with Gasteiger partial charge in [0.15, 0.2) is 0 Å². The average molecular weight is 723 g/mol. The highest BCUT2D eigenvalue weighted by Gasteiger charge is 2.37. The maximum atomic E-state index is 13.2. The molecule has 4 atom stereocenters. The molecule has 3 fully saturated rings. The Labute approximate surface area is 318 Å². The van der Waals surface area contributed by atoms with Gasteiger partial charge in [0.05, 0.1) is 6.04 Å². The van der Waals surface area contributed by atoms with Crippen LogP contribution < -0.4 is 15.0 Å². The molecule has 54 heavy (non-hydrogen) atoms. The maximum absolute atomic E-state index is 13.2. The molecule has 4 heterocycles. The Hall–Kier alpha value is -5.08. The van der Waals surface area contributed by atoms with Gasteiger partial charge in [-0.1, -0.05) is 55.1 Å². The number of piperidine rings is 2. The first kappa shape index (κ1) is 34.7. The van der Waals surface area contributed by atoms with Gasteiger partial charge in [0.25, 0.3) is 5.91 Å². The molecule has 0 spiro atoms. The van der Waals surface area contributed by atoms with Crippen LogP contribution in [0.4, 0.5) is 5.69 Å². The van der Waals surface area contributed by atoms with Crippen molar-refractivity contribution in [3.05, 3.63) is 137 Å². The highest BCUT2D eigenvalue weighted by molar-refractivity contribution is 5.99. The number of aryl methyl sites for hydroxylation is 1. The standard InChI is InChI=1S/C46H50N4O4/c1-30-43(17-18-44(52)47-30)50-28-35-26-38(13-16-42(35)46(50)53)54-39-21-22-48(29-39)27-31-19-23-49(24-20-31)36-10-7-33(8-11-36)45-40(32-5-3-2-4-6-32)14-9-34-25-37(51)12-15-41(34)45/h2-8,10-13,15-16,25-26,31,39-40,43,45,51H,1,9,14,17-24,27-29H2,(H,47,52)/t39-,40-,43+,45+/m1/s1. The summed E-state index contributed by atoms with van der Waals surface area (Å²) in [5.41, 5.74) is 8.95. The number of carbonyl (C=O) groups is 2. The third kappa shape index (κ3) is 6.88. The van der Waals surface area contributed by atoms with Crippen LogP contribution in [0.5, 0.6) is 11.5 Å². The predicted octanol–water partition coefficient (Wildman–Crippen LogP) is 7.37. The number of fused-ring (bicyclic) bond motifs is 2. The highest BCUT2D eigenvalue weighted by Crippen LogP contribution is 2.47. The smallest absolute Gasteiger partial charge is 0.255 e. The third-order valence-corrected chi connectivity index (χ3v) is 12.7. The number of nitrogens with one attached hydrogen (secondary N) is 1. The molecule has 5 aliphatic rings. The van der Waals surface area contributed by atoms with E-state index in [1.54, 1.807) is 0 Å². The average Bonchev–Trinajstić information content (AvgIpc) is 3.77. The third-order valence-electron chi connectivity index (χ3n) is 12.7. The lowest BCUT2D eigenvalue weighted by molar-refractivity contribution is -0.121. The molecular weight excluding hydrogens is 673 g/mol. The van der Waals surface area contributed by atoms with E-state index in [0.29, 0.717) is 42.7 Å². The molecule has 4 aromatic carbocycles. The SMILES string of the molecule is C=C1NC(=O)CC[C@@H]1N1Cc2cc(O[C@@H]3CCN(CC4CCN(c5ccc([C@@H]6c7ccc(O)cc7CC[C@@H]6c6ccccc6)cc5)CC4)C3)ccc2C1=O. The largest absolute Gasteiger partial charge is 0.508 e. The molecule has 9 rings (SSSR count). The maximum Gasteiger partial charge on any atom is 0.255 e. The molecule has 0 aromatic heterocycles. The minimum Gasteiger partial charge on any atom is -0.508 e. The number of phenolic OH excluding ortho intramolecular Hbond substituents is 1. The molecule has 1 aliphatic carbocycles. The summed E-state index contributed by atoms with van der Waals surface area (Å²) in [6.45, 7) is 9.76. The summed E-state index contributed by atoms with van der Waals surface area (Å²) in [5.74, 6) is 2.50. The first-order valence-corrected chi connectivity index (χ1v) is 19.9. The van der Waals surface area contributed by atoms with Crippen molar-refractivity contribution in [3.8, 4) is 11.5 Å². The lowest BCUT2D eigenvalue weighted by Gasteiger charge is -2.36. The number of benzene rings is 4.